The van der Waals surface area contributed by atoms with Gasteiger partial charge in [-0.25, -0.2) is 4.39 Å². The number of fused-ring (bicyclic) bond motifs is 1. The molecule has 2 aliphatic rings. The third-order valence-corrected chi connectivity index (χ3v) is 3.50. The van der Waals surface area contributed by atoms with Gasteiger partial charge in [-0.1, -0.05) is 12.1 Å². The Bertz CT molecular complexity index is 1120. The van der Waals surface area contributed by atoms with Crippen LogP contribution < -0.4 is 19.5 Å². The fraction of sp³-hybridized carbons (Fsp3) is 0.368. The average molecular weight is 339 g/mol. The summed E-state index contributed by atoms with van der Waals surface area (Å²) in [7, 11) is 0. The lowest BCUT2D eigenvalue weighted by molar-refractivity contribution is 0.173. The molecule has 0 aromatic heterocycles. The first-order valence-electron chi connectivity index (χ1n) is 12.2. The molecule has 0 amide bonds. The summed E-state index contributed by atoms with van der Waals surface area (Å²) in [6.45, 7) is -9.41. The molecule has 4 rings (SSSR count). The van der Waals surface area contributed by atoms with Gasteiger partial charge in [0.2, 0.25) is 6.75 Å². The predicted octanol–water partition coefficient (Wildman–Crippen LogP) is 3.33. The van der Waals surface area contributed by atoms with Crippen molar-refractivity contribution in [2.75, 3.05) is 26.3 Å². The number of benzene rings is 2. The van der Waals surface area contributed by atoms with Crippen LogP contribution >= 0.6 is 0 Å². The second-order valence-electron chi connectivity index (χ2n) is 5.05. The molecule has 4 nitrogen and oxygen atoms in total. The van der Waals surface area contributed by atoms with E-state index in [-0.39, 0.29) is 22.8 Å². The number of ether oxygens (including phenoxy) is 3. The first-order valence-corrected chi connectivity index (χ1v) is 7.16. The molecular weight excluding hydrogens is 309 g/mol. The number of rotatable bonds is 4. The molecule has 2 aromatic carbocycles. The number of halogens is 1. The Morgan fingerprint density at radius 3 is 2.92 bits per heavy atom. The second kappa shape index (κ2) is 6.69. The minimum atomic E-state index is -3.18. The first-order chi connectivity index (χ1) is 15.5. The smallest absolute Gasteiger partial charge is 0.231 e. The normalized spacial score (nSPS) is 43.0. The Kier molecular flexibility index (Phi) is 2.16. The lowest BCUT2D eigenvalue weighted by Gasteiger charge is -2.32. The fourth-order valence-electron chi connectivity index (χ4n) is 2.32. The van der Waals surface area contributed by atoms with Crippen LogP contribution in [0.1, 0.15) is 31.5 Å². The van der Waals surface area contributed by atoms with E-state index in [4.69, 9.17) is 27.9 Å². The van der Waals surface area contributed by atoms with Gasteiger partial charge in [-0.3, -0.25) is 0 Å². The van der Waals surface area contributed by atoms with Gasteiger partial charge in [-0.15, -0.1) is 0 Å². The average Bonchev–Trinajstić information content (AvgIpc) is 3.03. The topological polar surface area (TPSA) is 39.7 Å². The van der Waals surface area contributed by atoms with Crippen LogP contribution in [-0.2, 0) is 0 Å². The summed E-state index contributed by atoms with van der Waals surface area (Å²) in [4.78, 5) is 0. The molecule has 2 heterocycles. The molecule has 2 aliphatic heterocycles. The van der Waals surface area contributed by atoms with Crippen LogP contribution in [0.15, 0.2) is 42.5 Å². The maximum atomic E-state index is 13.6. The summed E-state index contributed by atoms with van der Waals surface area (Å²) >= 11 is 0. The zero-order chi connectivity index (χ0) is 25.4. The van der Waals surface area contributed by atoms with E-state index in [9.17, 15) is 4.39 Å². The van der Waals surface area contributed by atoms with Gasteiger partial charge >= 0.3 is 0 Å². The van der Waals surface area contributed by atoms with E-state index in [1.807, 2.05) is 5.32 Å². The Hall–Kier alpha value is -2.27. The molecule has 0 radical (unpaired) electrons. The zero-order valence-corrected chi connectivity index (χ0v) is 12.4. The van der Waals surface area contributed by atoms with Crippen molar-refractivity contribution in [3.63, 3.8) is 0 Å². The molecular formula is C19H20FNO3. The van der Waals surface area contributed by atoms with E-state index in [1.54, 1.807) is 0 Å². The van der Waals surface area contributed by atoms with Gasteiger partial charge < -0.3 is 19.5 Å². The maximum Gasteiger partial charge on any atom is 0.231 e. The van der Waals surface area contributed by atoms with Crippen molar-refractivity contribution < 1.29 is 32.3 Å². The van der Waals surface area contributed by atoms with Crippen molar-refractivity contribution in [1.82, 2.24) is 5.32 Å². The third-order valence-electron chi connectivity index (χ3n) is 3.50. The molecule has 0 aliphatic carbocycles. The molecule has 5 heteroatoms. The standard InChI is InChI=1S/C19H20FNO3/c20-15-3-1-13(2-4-15)17-7-8-21-10-14(17)11-22-16-5-6-18-19(9-16)24-12-23-18/h1-6,9,14,17,21H,7-8,10-12H2/t14?,17-/m0/s1/i7D2,8D2,10D2,12D2,14D,17D. The summed E-state index contributed by atoms with van der Waals surface area (Å²) < 4.78 is 112. The Morgan fingerprint density at radius 2 is 2.04 bits per heavy atom. The molecule has 1 N–H and O–H groups in total. The van der Waals surface area contributed by atoms with Crippen molar-refractivity contribution in [3.8, 4) is 17.2 Å². The molecule has 1 saturated heterocycles. The summed E-state index contributed by atoms with van der Waals surface area (Å²) in [5.74, 6) is -6.39. The van der Waals surface area contributed by atoms with Gasteiger partial charge in [0.25, 0.3) is 0 Å². The van der Waals surface area contributed by atoms with Crippen LogP contribution in [0.5, 0.6) is 17.2 Å². The molecule has 0 saturated carbocycles. The largest absolute Gasteiger partial charge is 0.493 e. The molecule has 0 spiro atoms. The summed E-state index contributed by atoms with van der Waals surface area (Å²) in [6.07, 6.45) is -3.18. The maximum absolute atomic E-state index is 13.6. The van der Waals surface area contributed by atoms with Crippen LogP contribution in [0.3, 0.4) is 0 Å². The van der Waals surface area contributed by atoms with E-state index < -0.39 is 50.3 Å². The van der Waals surface area contributed by atoms with Crippen LogP contribution in [0.2, 0.25) is 0 Å². The number of hydrogen-bond donors (Lipinski definition) is 1. The highest BCUT2D eigenvalue weighted by Crippen LogP contribution is 2.36. The van der Waals surface area contributed by atoms with Crippen molar-refractivity contribution in [3.05, 3.63) is 53.8 Å². The number of nitrogens with one attached hydrogen (secondary N) is 1. The van der Waals surface area contributed by atoms with Crippen molar-refractivity contribution in [2.24, 2.45) is 5.89 Å². The minimum absolute atomic E-state index is 0.0157. The lowest BCUT2D eigenvalue weighted by Crippen LogP contribution is -2.38. The van der Waals surface area contributed by atoms with Crippen molar-refractivity contribution in [1.29, 1.82) is 0 Å². The van der Waals surface area contributed by atoms with Crippen LogP contribution in [-0.4, -0.2) is 26.3 Å². The quantitative estimate of drug-likeness (QED) is 0.927. The van der Waals surface area contributed by atoms with Crippen LogP contribution in [0.25, 0.3) is 0 Å². The van der Waals surface area contributed by atoms with Gasteiger partial charge in [0, 0.05) is 29.4 Å². The first kappa shape index (κ1) is 7.74. The highest BCUT2D eigenvalue weighted by molar-refractivity contribution is 5.46. The molecule has 1 unspecified atom stereocenters. The fourth-order valence-corrected chi connectivity index (χ4v) is 2.32. The van der Waals surface area contributed by atoms with Crippen molar-refractivity contribution in [2.45, 2.75) is 12.3 Å². The van der Waals surface area contributed by atoms with E-state index in [2.05, 4.69) is 0 Å². The SMILES string of the molecule is [2H]C1([2H])Oc2ccc(OCC3([2H])C([2H])([2H])NC([2H])([2H])C([2H])([2H])[C@@]3([2H])c3ccc(F)cc3)cc2O1. The van der Waals surface area contributed by atoms with Crippen LogP contribution in [0, 0.1) is 11.7 Å². The van der Waals surface area contributed by atoms with Gasteiger partial charge in [-0.05, 0) is 48.6 Å². The molecule has 2 aromatic rings. The predicted molar refractivity (Wildman–Crippen MR) is 88.2 cm³/mol. The molecule has 1 fully saturated rings. The number of piperidine rings is 1. The Morgan fingerprint density at radius 1 is 1.21 bits per heavy atom. The Labute approximate surface area is 154 Å². The molecule has 24 heavy (non-hydrogen) atoms. The highest BCUT2D eigenvalue weighted by atomic mass is 19.1. The van der Waals surface area contributed by atoms with Gasteiger partial charge in [0.1, 0.15) is 14.3 Å². The molecule has 2 atom stereocenters. The number of hydrogen-bond acceptors (Lipinski definition) is 4. The van der Waals surface area contributed by atoms with Crippen LogP contribution in [0.4, 0.5) is 4.39 Å². The summed E-state index contributed by atoms with van der Waals surface area (Å²) in [5, 5.41) is 1.87. The van der Waals surface area contributed by atoms with Gasteiger partial charge in [-0.2, -0.15) is 0 Å². The third kappa shape index (κ3) is 3.17. The highest BCUT2D eigenvalue weighted by Gasteiger charge is 2.27. The second-order valence-corrected chi connectivity index (χ2v) is 5.05. The van der Waals surface area contributed by atoms with Gasteiger partial charge in [0.15, 0.2) is 11.5 Å². The van der Waals surface area contributed by atoms with Gasteiger partial charge in [0.05, 0.1) is 6.61 Å². The van der Waals surface area contributed by atoms with E-state index in [0.29, 0.717) is 0 Å². The monoisotopic (exact) mass is 339 g/mol. The summed E-state index contributed by atoms with van der Waals surface area (Å²) in [6, 6.07) is 7.76. The molecule has 0 bridgehead atoms. The lowest BCUT2D eigenvalue weighted by atomic mass is 9.81. The Balaban J connectivity index is 1.77. The van der Waals surface area contributed by atoms with E-state index >= 15 is 0 Å². The molecule has 126 valence electrons. The zero-order valence-electron chi connectivity index (χ0n) is 22.4. The summed E-state index contributed by atoms with van der Waals surface area (Å²) in [5.41, 5.74) is -0.314. The van der Waals surface area contributed by atoms with Crippen molar-refractivity contribution >= 4 is 0 Å². The van der Waals surface area contributed by atoms with E-state index in [0.717, 1.165) is 24.3 Å². The van der Waals surface area contributed by atoms with E-state index in [1.165, 1.54) is 18.2 Å². The minimum Gasteiger partial charge on any atom is -0.493 e.